The maximum absolute atomic E-state index is 3.29. The maximum atomic E-state index is 3.29. The molecule has 2 heteroatoms. The molecule has 1 atom stereocenters. The summed E-state index contributed by atoms with van der Waals surface area (Å²) in [4.78, 5) is 2.53. The van der Waals surface area contributed by atoms with Crippen molar-refractivity contribution in [2.45, 2.75) is 38.1 Å². The Labute approximate surface area is 88.1 Å². The lowest BCUT2D eigenvalue weighted by atomic mass is 10.1. The largest absolute Gasteiger partial charge is 0.316 e. The first kappa shape index (κ1) is 10.4. The first-order valence-corrected chi connectivity index (χ1v) is 6.06. The van der Waals surface area contributed by atoms with Gasteiger partial charge in [0.2, 0.25) is 0 Å². The number of hydrogen-bond acceptors (Lipinski definition) is 2. The predicted octanol–water partition coefficient (Wildman–Crippen LogP) is 1.63. The Kier molecular flexibility index (Phi) is 4.26. The minimum atomic E-state index is 0.903. The molecule has 3 saturated heterocycles. The van der Waals surface area contributed by atoms with E-state index in [2.05, 4.69) is 23.1 Å². The molecule has 1 N–H and O–H groups in total. The van der Waals surface area contributed by atoms with Gasteiger partial charge in [-0.05, 0) is 58.2 Å². The zero-order chi connectivity index (χ0) is 9.64. The number of nitrogens with one attached hydrogen (secondary N) is 1. The summed E-state index contributed by atoms with van der Waals surface area (Å²) < 4.78 is 0. The molecule has 3 aliphatic rings. The maximum Gasteiger partial charge on any atom is 0.0140 e. The first-order chi connectivity index (χ1) is 6.97. The lowest BCUT2D eigenvalue weighted by Crippen LogP contribution is -2.42. The molecule has 0 aliphatic carbocycles. The highest BCUT2D eigenvalue weighted by atomic mass is 15.2. The second-order valence-corrected chi connectivity index (χ2v) is 4.43. The minimum Gasteiger partial charge on any atom is -0.316 e. The number of hydrogen-bond donors (Lipinski definition) is 1. The molecule has 3 fully saturated rings. The molecule has 0 aromatic heterocycles. The van der Waals surface area contributed by atoms with Gasteiger partial charge in [0.1, 0.15) is 0 Å². The van der Waals surface area contributed by atoms with E-state index in [-0.39, 0.29) is 0 Å². The quantitative estimate of drug-likeness (QED) is 0.630. The Morgan fingerprint density at radius 1 is 1.21 bits per heavy atom. The van der Waals surface area contributed by atoms with E-state index in [4.69, 9.17) is 0 Å². The summed E-state index contributed by atoms with van der Waals surface area (Å²) in [6, 6.07) is 0.903. The lowest BCUT2D eigenvalue weighted by Gasteiger charge is -2.33. The average molecular weight is 194 g/mol. The van der Waals surface area contributed by atoms with Crippen LogP contribution in [0.2, 0.25) is 0 Å². The van der Waals surface area contributed by atoms with Crippen molar-refractivity contribution in [1.82, 2.24) is 10.2 Å². The Morgan fingerprint density at radius 2 is 2.21 bits per heavy atom. The van der Waals surface area contributed by atoms with E-state index in [1.807, 2.05) is 0 Å². The highest BCUT2D eigenvalue weighted by Gasteiger charge is 2.31. The second kappa shape index (κ2) is 5.72. The Balaban J connectivity index is 0.000000107. The normalized spacial score (nSPS) is 32.1. The van der Waals surface area contributed by atoms with E-state index in [0.29, 0.717) is 0 Å². The first-order valence-electron chi connectivity index (χ1n) is 6.06. The molecule has 0 amide bonds. The summed E-state index contributed by atoms with van der Waals surface area (Å²) in [5, 5.41) is 3.29. The number of rotatable bonds is 0. The van der Waals surface area contributed by atoms with Gasteiger partial charge in [0.25, 0.3) is 0 Å². The molecule has 2 nitrogen and oxygen atoms in total. The van der Waals surface area contributed by atoms with Gasteiger partial charge in [-0.2, -0.15) is 0 Å². The van der Waals surface area contributed by atoms with Crippen molar-refractivity contribution in [1.29, 1.82) is 0 Å². The summed E-state index contributed by atoms with van der Waals surface area (Å²) >= 11 is 0. The fourth-order valence-corrected chi connectivity index (χ4v) is 2.31. The van der Waals surface area contributed by atoms with E-state index in [9.17, 15) is 0 Å². The molecular weight excluding hydrogens is 172 g/mol. The van der Waals surface area contributed by atoms with Crippen LogP contribution in [0.25, 0.3) is 0 Å². The predicted molar refractivity (Wildman–Crippen MR) is 59.9 cm³/mol. The van der Waals surface area contributed by atoms with Crippen molar-refractivity contribution in [2.24, 2.45) is 0 Å². The molecule has 0 spiro atoms. The van der Waals surface area contributed by atoms with Gasteiger partial charge in [-0.3, -0.25) is 4.90 Å². The van der Waals surface area contributed by atoms with Gasteiger partial charge < -0.3 is 5.32 Å². The van der Waals surface area contributed by atoms with Crippen molar-refractivity contribution in [2.75, 3.05) is 26.2 Å². The van der Waals surface area contributed by atoms with Crippen LogP contribution in [-0.2, 0) is 0 Å². The van der Waals surface area contributed by atoms with Crippen molar-refractivity contribution in [3.05, 3.63) is 12.8 Å². The number of fused-ring (bicyclic) bond motifs is 1. The van der Waals surface area contributed by atoms with Crippen LogP contribution in [0.15, 0.2) is 0 Å². The molecule has 80 valence electrons. The second-order valence-electron chi connectivity index (χ2n) is 4.43. The Morgan fingerprint density at radius 3 is 2.86 bits per heavy atom. The van der Waals surface area contributed by atoms with Crippen LogP contribution in [0.4, 0.5) is 0 Å². The van der Waals surface area contributed by atoms with Crippen LogP contribution < -0.4 is 5.32 Å². The highest BCUT2D eigenvalue weighted by Crippen LogP contribution is 2.26. The van der Waals surface area contributed by atoms with Crippen molar-refractivity contribution in [3.8, 4) is 0 Å². The van der Waals surface area contributed by atoms with Crippen molar-refractivity contribution >= 4 is 0 Å². The average Bonchev–Trinajstić information content (AvgIpc) is 2.48. The van der Waals surface area contributed by atoms with Gasteiger partial charge in [0, 0.05) is 12.6 Å². The van der Waals surface area contributed by atoms with Gasteiger partial charge in [-0.15, -0.1) is 0 Å². The van der Waals surface area contributed by atoms with Gasteiger partial charge in [-0.1, -0.05) is 6.42 Å². The monoisotopic (exact) mass is 194 g/mol. The smallest absolute Gasteiger partial charge is 0.0140 e. The van der Waals surface area contributed by atoms with E-state index < -0.39 is 0 Å². The number of nitrogens with zero attached hydrogens (tertiary/aromatic N) is 1. The zero-order valence-electron chi connectivity index (χ0n) is 9.04. The third-order valence-corrected chi connectivity index (χ3v) is 3.33. The molecule has 3 heterocycles. The fraction of sp³-hybridized carbons (Fsp3) is 0.833. The Bertz CT molecular complexity index is 129. The third-order valence-electron chi connectivity index (χ3n) is 3.33. The SMILES string of the molecule is [CH]1CCCCNC1.[CH]1CN2CCCC12. The van der Waals surface area contributed by atoms with Crippen LogP contribution >= 0.6 is 0 Å². The highest BCUT2D eigenvalue weighted by molar-refractivity contribution is 5.01. The van der Waals surface area contributed by atoms with Gasteiger partial charge in [0.05, 0.1) is 0 Å². The third kappa shape index (κ3) is 2.96. The summed E-state index contributed by atoms with van der Waals surface area (Å²) in [6.45, 7) is 4.97. The molecule has 0 aromatic rings. The van der Waals surface area contributed by atoms with E-state index in [1.54, 1.807) is 0 Å². The molecule has 3 aliphatic heterocycles. The summed E-state index contributed by atoms with van der Waals surface area (Å²) in [7, 11) is 0. The standard InChI is InChI=1S/C6H10N.C6H12N/c1-2-6-3-5-7(6)4-1;1-2-4-6-7-5-3-1/h3,6H,1-2,4-5H2;3,7H,1-2,4-6H2. The summed E-state index contributed by atoms with van der Waals surface area (Å²) in [6.07, 6.45) is 11.6. The van der Waals surface area contributed by atoms with Crippen molar-refractivity contribution < 1.29 is 0 Å². The minimum absolute atomic E-state index is 0.903. The molecule has 0 aromatic carbocycles. The van der Waals surface area contributed by atoms with Crippen LogP contribution in [0, 0.1) is 12.8 Å². The van der Waals surface area contributed by atoms with E-state index >= 15 is 0 Å². The molecular formula is C12H22N2. The van der Waals surface area contributed by atoms with Crippen LogP contribution in [0.5, 0.6) is 0 Å². The fourth-order valence-electron chi connectivity index (χ4n) is 2.31. The Hall–Kier alpha value is -0.0800. The molecule has 0 saturated carbocycles. The van der Waals surface area contributed by atoms with Gasteiger partial charge in [-0.25, -0.2) is 0 Å². The van der Waals surface area contributed by atoms with Gasteiger partial charge >= 0.3 is 0 Å². The topological polar surface area (TPSA) is 15.3 Å². The van der Waals surface area contributed by atoms with E-state index in [0.717, 1.165) is 12.6 Å². The lowest BCUT2D eigenvalue weighted by molar-refractivity contribution is 0.212. The summed E-state index contributed by atoms with van der Waals surface area (Å²) in [5.41, 5.74) is 0. The van der Waals surface area contributed by atoms with Crippen LogP contribution in [0.3, 0.4) is 0 Å². The van der Waals surface area contributed by atoms with Crippen LogP contribution in [-0.4, -0.2) is 37.1 Å². The van der Waals surface area contributed by atoms with Crippen molar-refractivity contribution in [3.63, 3.8) is 0 Å². The van der Waals surface area contributed by atoms with Gasteiger partial charge in [0.15, 0.2) is 0 Å². The molecule has 1 unspecified atom stereocenters. The van der Waals surface area contributed by atoms with E-state index in [1.165, 1.54) is 51.7 Å². The molecule has 0 bridgehead atoms. The molecule has 3 rings (SSSR count). The molecule has 14 heavy (non-hydrogen) atoms. The molecule has 2 radical (unpaired) electrons. The zero-order valence-corrected chi connectivity index (χ0v) is 9.04. The summed E-state index contributed by atoms with van der Waals surface area (Å²) in [5.74, 6) is 0. The van der Waals surface area contributed by atoms with Crippen LogP contribution in [0.1, 0.15) is 32.1 Å².